The third kappa shape index (κ3) is 4.73. The number of likely N-dealkylation sites (tertiary alicyclic amines) is 1. The van der Waals surface area contributed by atoms with Gasteiger partial charge in [-0.15, -0.1) is 12.4 Å². The predicted octanol–water partition coefficient (Wildman–Crippen LogP) is 2.23. The van der Waals surface area contributed by atoms with Crippen molar-refractivity contribution in [3.05, 3.63) is 35.9 Å². The average Bonchev–Trinajstić information content (AvgIpc) is 3.08. The van der Waals surface area contributed by atoms with E-state index in [1.54, 1.807) is 0 Å². The summed E-state index contributed by atoms with van der Waals surface area (Å²) in [6.45, 7) is 1.84. The van der Waals surface area contributed by atoms with Gasteiger partial charge in [0, 0.05) is 25.6 Å². The van der Waals surface area contributed by atoms with Crippen molar-refractivity contribution in [1.29, 1.82) is 0 Å². The Morgan fingerprint density at radius 1 is 1.12 bits per heavy atom. The molecule has 6 heteroatoms. The normalized spacial score (nSPS) is 20.0. The van der Waals surface area contributed by atoms with Crippen molar-refractivity contribution in [2.24, 2.45) is 11.7 Å². The van der Waals surface area contributed by atoms with Gasteiger partial charge in [-0.1, -0.05) is 43.2 Å². The summed E-state index contributed by atoms with van der Waals surface area (Å²) in [7, 11) is 0. The number of nitrogens with zero attached hydrogens (tertiary/aromatic N) is 1. The van der Waals surface area contributed by atoms with Gasteiger partial charge in [0.2, 0.25) is 11.8 Å². The molecule has 1 saturated carbocycles. The van der Waals surface area contributed by atoms with Crippen LogP contribution in [-0.4, -0.2) is 35.3 Å². The van der Waals surface area contributed by atoms with E-state index in [4.69, 9.17) is 5.73 Å². The fourth-order valence-corrected chi connectivity index (χ4v) is 3.81. The summed E-state index contributed by atoms with van der Waals surface area (Å²) in [6.07, 6.45) is 5.12. The van der Waals surface area contributed by atoms with Crippen LogP contribution in [0.4, 0.5) is 0 Å². The quantitative estimate of drug-likeness (QED) is 0.859. The Labute approximate surface area is 155 Å². The van der Waals surface area contributed by atoms with Gasteiger partial charge in [-0.2, -0.15) is 0 Å². The number of benzene rings is 1. The second-order valence-corrected chi connectivity index (χ2v) is 7.13. The monoisotopic (exact) mass is 365 g/mol. The SMILES string of the molecule is Cl.NC1(C(=O)N2CCC(C(=O)NCc3ccccc3)CC2)CCCC1. The topological polar surface area (TPSA) is 75.4 Å². The minimum atomic E-state index is -0.650. The summed E-state index contributed by atoms with van der Waals surface area (Å²) < 4.78 is 0. The van der Waals surface area contributed by atoms with E-state index in [9.17, 15) is 9.59 Å². The average molecular weight is 366 g/mol. The molecule has 25 heavy (non-hydrogen) atoms. The molecule has 1 aliphatic carbocycles. The van der Waals surface area contributed by atoms with Crippen molar-refractivity contribution in [3.63, 3.8) is 0 Å². The van der Waals surface area contributed by atoms with Crippen molar-refractivity contribution >= 4 is 24.2 Å². The lowest BCUT2D eigenvalue weighted by Crippen LogP contribution is -2.55. The van der Waals surface area contributed by atoms with E-state index < -0.39 is 5.54 Å². The van der Waals surface area contributed by atoms with Crippen molar-refractivity contribution in [2.45, 2.75) is 50.6 Å². The summed E-state index contributed by atoms with van der Waals surface area (Å²) in [5.41, 5.74) is 6.72. The Kier molecular flexibility index (Phi) is 6.85. The number of rotatable bonds is 4. The summed E-state index contributed by atoms with van der Waals surface area (Å²) in [5.74, 6) is 0.174. The van der Waals surface area contributed by atoms with Crippen LogP contribution in [0.1, 0.15) is 44.1 Å². The molecular weight excluding hydrogens is 338 g/mol. The third-order valence-corrected chi connectivity index (χ3v) is 5.38. The van der Waals surface area contributed by atoms with Crippen molar-refractivity contribution in [3.8, 4) is 0 Å². The first-order valence-electron chi connectivity index (χ1n) is 8.98. The van der Waals surface area contributed by atoms with Gasteiger partial charge in [0.15, 0.2) is 0 Å². The maximum atomic E-state index is 12.6. The van der Waals surface area contributed by atoms with Crippen LogP contribution in [0.15, 0.2) is 30.3 Å². The van der Waals surface area contributed by atoms with E-state index >= 15 is 0 Å². The molecule has 1 aromatic rings. The Morgan fingerprint density at radius 3 is 2.32 bits per heavy atom. The fourth-order valence-electron chi connectivity index (χ4n) is 3.81. The molecule has 0 spiro atoms. The molecule has 0 bridgehead atoms. The van der Waals surface area contributed by atoms with Crippen LogP contribution in [-0.2, 0) is 16.1 Å². The smallest absolute Gasteiger partial charge is 0.242 e. The van der Waals surface area contributed by atoms with Gasteiger partial charge >= 0.3 is 0 Å². The van der Waals surface area contributed by atoms with Gasteiger partial charge in [-0.25, -0.2) is 0 Å². The Morgan fingerprint density at radius 2 is 1.72 bits per heavy atom. The van der Waals surface area contributed by atoms with Gasteiger partial charge in [0.25, 0.3) is 0 Å². The lowest BCUT2D eigenvalue weighted by molar-refractivity contribution is -0.140. The molecule has 0 atom stereocenters. The first-order chi connectivity index (χ1) is 11.6. The highest BCUT2D eigenvalue weighted by Gasteiger charge is 2.41. The molecular formula is C19H28ClN3O2. The van der Waals surface area contributed by atoms with Crippen LogP contribution in [0.3, 0.4) is 0 Å². The molecule has 2 amide bonds. The molecule has 1 aromatic carbocycles. The molecule has 0 aromatic heterocycles. The van der Waals surface area contributed by atoms with Gasteiger partial charge < -0.3 is 16.0 Å². The zero-order chi connectivity index (χ0) is 17.0. The molecule has 1 saturated heterocycles. The second kappa shape index (κ2) is 8.68. The van der Waals surface area contributed by atoms with Crippen molar-refractivity contribution < 1.29 is 9.59 Å². The number of hydrogen-bond acceptors (Lipinski definition) is 3. The molecule has 138 valence electrons. The lowest BCUT2D eigenvalue weighted by atomic mass is 9.92. The van der Waals surface area contributed by atoms with Crippen LogP contribution in [0.25, 0.3) is 0 Å². The zero-order valence-corrected chi connectivity index (χ0v) is 15.4. The number of hydrogen-bond donors (Lipinski definition) is 2. The highest BCUT2D eigenvalue weighted by atomic mass is 35.5. The van der Waals surface area contributed by atoms with E-state index in [1.807, 2.05) is 35.2 Å². The molecule has 2 fully saturated rings. The summed E-state index contributed by atoms with van der Waals surface area (Å²) >= 11 is 0. The van der Waals surface area contributed by atoms with Gasteiger partial charge in [-0.05, 0) is 31.2 Å². The Hall–Kier alpha value is -1.59. The molecule has 2 aliphatic rings. The maximum Gasteiger partial charge on any atom is 0.242 e. The van der Waals surface area contributed by atoms with Crippen LogP contribution in [0, 0.1) is 5.92 Å². The molecule has 1 aliphatic heterocycles. The number of halogens is 1. The predicted molar refractivity (Wildman–Crippen MR) is 100 cm³/mol. The molecule has 0 unspecified atom stereocenters. The third-order valence-electron chi connectivity index (χ3n) is 5.38. The summed E-state index contributed by atoms with van der Waals surface area (Å²) in [4.78, 5) is 26.8. The van der Waals surface area contributed by atoms with Crippen LogP contribution in [0.2, 0.25) is 0 Å². The van der Waals surface area contributed by atoms with E-state index in [0.717, 1.165) is 44.1 Å². The molecule has 5 nitrogen and oxygen atoms in total. The fraction of sp³-hybridized carbons (Fsp3) is 0.579. The molecule has 1 heterocycles. The van der Waals surface area contributed by atoms with Gasteiger partial charge in [-0.3, -0.25) is 9.59 Å². The van der Waals surface area contributed by atoms with Crippen molar-refractivity contribution in [1.82, 2.24) is 10.2 Å². The Balaban J connectivity index is 0.00000225. The number of carbonyl (C=O) groups is 2. The highest BCUT2D eigenvalue weighted by molar-refractivity contribution is 5.87. The van der Waals surface area contributed by atoms with Gasteiger partial charge in [0.1, 0.15) is 0 Å². The maximum absolute atomic E-state index is 12.6. The summed E-state index contributed by atoms with van der Waals surface area (Å²) in [6, 6.07) is 9.91. The van der Waals surface area contributed by atoms with Crippen LogP contribution < -0.4 is 11.1 Å². The minimum Gasteiger partial charge on any atom is -0.352 e. The zero-order valence-electron chi connectivity index (χ0n) is 14.6. The highest BCUT2D eigenvalue weighted by Crippen LogP contribution is 2.30. The number of amides is 2. The van der Waals surface area contributed by atoms with E-state index in [-0.39, 0.29) is 30.1 Å². The van der Waals surface area contributed by atoms with Crippen LogP contribution >= 0.6 is 12.4 Å². The standard InChI is InChI=1S/C19H27N3O2.ClH/c20-19(10-4-5-11-19)18(24)22-12-8-16(9-13-22)17(23)21-14-15-6-2-1-3-7-15;/h1-3,6-7,16H,4-5,8-14,20H2,(H,21,23);1H. The Bertz CT molecular complexity index is 580. The largest absolute Gasteiger partial charge is 0.352 e. The molecule has 3 N–H and O–H groups in total. The first kappa shape index (κ1) is 19.7. The van der Waals surface area contributed by atoms with E-state index in [0.29, 0.717) is 19.6 Å². The first-order valence-corrected chi connectivity index (χ1v) is 8.98. The van der Waals surface area contributed by atoms with E-state index in [1.165, 1.54) is 0 Å². The molecule has 0 radical (unpaired) electrons. The van der Waals surface area contributed by atoms with Gasteiger partial charge in [0.05, 0.1) is 5.54 Å². The molecule has 3 rings (SSSR count). The number of carbonyl (C=O) groups excluding carboxylic acids is 2. The second-order valence-electron chi connectivity index (χ2n) is 7.13. The minimum absolute atomic E-state index is 0. The lowest BCUT2D eigenvalue weighted by Gasteiger charge is -2.36. The number of piperidine rings is 1. The number of nitrogens with two attached hydrogens (primary N) is 1. The summed E-state index contributed by atoms with van der Waals surface area (Å²) in [5, 5.41) is 3.01. The van der Waals surface area contributed by atoms with Crippen molar-refractivity contribution in [2.75, 3.05) is 13.1 Å². The number of nitrogens with one attached hydrogen (secondary N) is 1. The van der Waals surface area contributed by atoms with Crippen LogP contribution in [0.5, 0.6) is 0 Å². The van der Waals surface area contributed by atoms with E-state index in [2.05, 4.69) is 5.32 Å².